The Balaban J connectivity index is 2.29. The van der Waals surface area contributed by atoms with Crippen LogP contribution in [0.25, 0.3) is 11.1 Å². The van der Waals surface area contributed by atoms with Crippen LogP contribution in [0.2, 0.25) is 0 Å². The van der Waals surface area contributed by atoms with Gasteiger partial charge in [-0.15, -0.1) is 0 Å². The van der Waals surface area contributed by atoms with Crippen molar-refractivity contribution in [1.82, 2.24) is 4.98 Å². The van der Waals surface area contributed by atoms with Gasteiger partial charge in [0.25, 0.3) is 6.01 Å². The van der Waals surface area contributed by atoms with Crippen LogP contribution in [0, 0.1) is 6.92 Å². The third-order valence-corrected chi connectivity index (χ3v) is 2.25. The van der Waals surface area contributed by atoms with E-state index in [0.29, 0.717) is 11.1 Å². The highest BCUT2D eigenvalue weighted by atomic mass is 16.4. The van der Waals surface area contributed by atoms with Gasteiger partial charge in [-0.2, -0.15) is 4.98 Å². The highest BCUT2D eigenvalue weighted by Crippen LogP contribution is 2.20. The molecule has 0 aliphatic rings. The van der Waals surface area contributed by atoms with Crippen molar-refractivity contribution in [3.8, 4) is 0 Å². The standard InChI is InChI=1S/C11H12N2O3/c1-6-3-4-8-9(5-6)16-11(13-8)12-7(2)10(14)15/h3-5,7H,1-2H3,(H,12,13)(H,14,15). The highest BCUT2D eigenvalue weighted by molar-refractivity contribution is 5.78. The number of carboxylic acid groups (broad SMARTS) is 1. The van der Waals surface area contributed by atoms with Crippen molar-refractivity contribution >= 4 is 23.1 Å². The smallest absolute Gasteiger partial charge is 0.325 e. The van der Waals surface area contributed by atoms with Gasteiger partial charge < -0.3 is 14.8 Å². The summed E-state index contributed by atoms with van der Waals surface area (Å²) in [5.41, 5.74) is 2.44. The topological polar surface area (TPSA) is 75.4 Å². The number of nitrogens with zero attached hydrogens (tertiary/aromatic N) is 1. The quantitative estimate of drug-likeness (QED) is 0.827. The van der Waals surface area contributed by atoms with Crippen molar-refractivity contribution in [1.29, 1.82) is 0 Å². The largest absolute Gasteiger partial charge is 0.480 e. The summed E-state index contributed by atoms with van der Waals surface area (Å²) in [5, 5.41) is 11.4. The Hall–Kier alpha value is -2.04. The highest BCUT2D eigenvalue weighted by Gasteiger charge is 2.13. The molecule has 0 aliphatic carbocycles. The Morgan fingerprint density at radius 2 is 2.31 bits per heavy atom. The first-order valence-electron chi connectivity index (χ1n) is 4.93. The van der Waals surface area contributed by atoms with Crippen molar-refractivity contribution in [3.05, 3.63) is 23.8 Å². The fourth-order valence-corrected chi connectivity index (χ4v) is 1.34. The van der Waals surface area contributed by atoms with Crippen molar-refractivity contribution in [3.63, 3.8) is 0 Å². The maximum Gasteiger partial charge on any atom is 0.325 e. The minimum Gasteiger partial charge on any atom is -0.480 e. The van der Waals surface area contributed by atoms with Crippen molar-refractivity contribution in [2.75, 3.05) is 5.32 Å². The zero-order valence-electron chi connectivity index (χ0n) is 9.02. The van der Waals surface area contributed by atoms with Crippen LogP contribution in [0.3, 0.4) is 0 Å². The van der Waals surface area contributed by atoms with Crippen LogP contribution in [-0.2, 0) is 4.79 Å². The summed E-state index contributed by atoms with van der Waals surface area (Å²) in [7, 11) is 0. The summed E-state index contributed by atoms with van der Waals surface area (Å²) in [6, 6.07) is 5.13. The molecule has 2 N–H and O–H groups in total. The van der Waals surface area contributed by atoms with E-state index in [1.807, 2.05) is 25.1 Å². The second-order valence-corrected chi connectivity index (χ2v) is 3.69. The molecule has 0 fully saturated rings. The molecule has 0 radical (unpaired) electrons. The molecule has 1 heterocycles. The fourth-order valence-electron chi connectivity index (χ4n) is 1.34. The van der Waals surface area contributed by atoms with Crippen LogP contribution < -0.4 is 5.32 Å². The van der Waals surface area contributed by atoms with E-state index >= 15 is 0 Å². The number of aromatic nitrogens is 1. The molecule has 0 bridgehead atoms. The number of benzene rings is 1. The average Bonchev–Trinajstić information content (AvgIpc) is 2.58. The normalized spacial score (nSPS) is 12.6. The molecule has 5 heteroatoms. The predicted octanol–water partition coefficient (Wildman–Crippen LogP) is 2.02. The summed E-state index contributed by atoms with van der Waals surface area (Å²) in [6.07, 6.45) is 0. The summed E-state index contributed by atoms with van der Waals surface area (Å²) in [5.74, 6) is -0.946. The Morgan fingerprint density at radius 3 is 3.00 bits per heavy atom. The lowest BCUT2D eigenvalue weighted by Crippen LogP contribution is -2.25. The zero-order chi connectivity index (χ0) is 11.7. The lowest BCUT2D eigenvalue weighted by atomic mass is 10.2. The van der Waals surface area contributed by atoms with E-state index < -0.39 is 12.0 Å². The van der Waals surface area contributed by atoms with Crippen LogP contribution in [0.1, 0.15) is 12.5 Å². The van der Waals surface area contributed by atoms with E-state index in [0.717, 1.165) is 5.56 Å². The Kier molecular flexibility index (Phi) is 2.52. The maximum atomic E-state index is 10.6. The number of hydrogen-bond acceptors (Lipinski definition) is 4. The van der Waals surface area contributed by atoms with E-state index in [9.17, 15) is 4.79 Å². The lowest BCUT2D eigenvalue weighted by Gasteiger charge is -2.04. The van der Waals surface area contributed by atoms with Crippen LogP contribution in [0.15, 0.2) is 22.6 Å². The molecule has 0 spiro atoms. The maximum absolute atomic E-state index is 10.6. The van der Waals surface area contributed by atoms with Gasteiger partial charge in [-0.3, -0.25) is 4.79 Å². The van der Waals surface area contributed by atoms with Crippen LogP contribution in [0.4, 0.5) is 6.01 Å². The molecular formula is C11H12N2O3. The van der Waals surface area contributed by atoms with E-state index in [4.69, 9.17) is 9.52 Å². The molecule has 1 aromatic carbocycles. The number of hydrogen-bond donors (Lipinski definition) is 2. The molecular weight excluding hydrogens is 208 g/mol. The van der Waals surface area contributed by atoms with Gasteiger partial charge in [-0.25, -0.2) is 0 Å². The molecule has 0 amide bonds. The zero-order valence-corrected chi connectivity index (χ0v) is 9.02. The van der Waals surface area contributed by atoms with Gasteiger partial charge in [-0.05, 0) is 31.5 Å². The van der Waals surface area contributed by atoms with Crippen LogP contribution in [0.5, 0.6) is 0 Å². The number of aliphatic carboxylic acids is 1. The Morgan fingerprint density at radius 1 is 1.56 bits per heavy atom. The van der Waals surface area contributed by atoms with E-state index in [1.165, 1.54) is 6.92 Å². The molecule has 2 rings (SSSR count). The summed E-state index contributed by atoms with van der Waals surface area (Å²) >= 11 is 0. The molecule has 5 nitrogen and oxygen atoms in total. The number of oxazole rings is 1. The van der Waals surface area contributed by atoms with Crippen molar-refractivity contribution < 1.29 is 14.3 Å². The number of aryl methyl sites for hydroxylation is 1. The summed E-state index contributed by atoms with van der Waals surface area (Å²) in [4.78, 5) is 14.8. The molecule has 1 aromatic heterocycles. The van der Waals surface area contributed by atoms with E-state index in [-0.39, 0.29) is 6.01 Å². The Labute approximate surface area is 92.1 Å². The van der Waals surface area contributed by atoms with Crippen LogP contribution >= 0.6 is 0 Å². The number of rotatable bonds is 3. The molecule has 0 saturated carbocycles. The second-order valence-electron chi connectivity index (χ2n) is 3.69. The van der Waals surface area contributed by atoms with Gasteiger partial charge in [0.2, 0.25) is 0 Å². The molecule has 1 unspecified atom stereocenters. The van der Waals surface area contributed by atoms with Crippen molar-refractivity contribution in [2.24, 2.45) is 0 Å². The number of nitrogens with one attached hydrogen (secondary N) is 1. The van der Waals surface area contributed by atoms with Gasteiger partial charge >= 0.3 is 5.97 Å². The third-order valence-electron chi connectivity index (χ3n) is 2.25. The molecule has 0 saturated heterocycles. The second kappa shape index (κ2) is 3.84. The first-order valence-corrected chi connectivity index (χ1v) is 4.93. The van der Waals surface area contributed by atoms with Gasteiger partial charge in [-0.1, -0.05) is 6.07 Å². The van der Waals surface area contributed by atoms with Gasteiger partial charge in [0.1, 0.15) is 11.6 Å². The van der Waals surface area contributed by atoms with Crippen LogP contribution in [-0.4, -0.2) is 22.1 Å². The van der Waals surface area contributed by atoms with E-state index in [1.54, 1.807) is 0 Å². The number of carboxylic acids is 1. The molecule has 1 atom stereocenters. The number of carbonyl (C=O) groups is 1. The van der Waals surface area contributed by atoms with Gasteiger partial charge in [0.05, 0.1) is 0 Å². The van der Waals surface area contributed by atoms with E-state index in [2.05, 4.69) is 10.3 Å². The van der Waals surface area contributed by atoms with Crippen molar-refractivity contribution in [2.45, 2.75) is 19.9 Å². The number of anilines is 1. The molecule has 0 aliphatic heterocycles. The average molecular weight is 220 g/mol. The fraction of sp³-hybridized carbons (Fsp3) is 0.273. The first kappa shape index (κ1) is 10.5. The summed E-state index contributed by atoms with van der Waals surface area (Å²) < 4.78 is 5.38. The SMILES string of the molecule is Cc1ccc2nc(NC(C)C(=O)O)oc2c1. The molecule has 84 valence electrons. The number of fused-ring (bicyclic) bond motifs is 1. The monoisotopic (exact) mass is 220 g/mol. The third kappa shape index (κ3) is 1.98. The lowest BCUT2D eigenvalue weighted by molar-refractivity contribution is -0.137. The molecule has 16 heavy (non-hydrogen) atoms. The van der Waals surface area contributed by atoms with Gasteiger partial charge in [0.15, 0.2) is 5.58 Å². The first-order chi connectivity index (χ1) is 7.56. The predicted molar refractivity (Wildman–Crippen MR) is 59.5 cm³/mol. The summed E-state index contributed by atoms with van der Waals surface area (Å²) in [6.45, 7) is 3.48. The minimum atomic E-state index is -0.946. The molecule has 2 aromatic rings. The van der Waals surface area contributed by atoms with Gasteiger partial charge in [0, 0.05) is 0 Å². The Bertz CT molecular complexity index is 533. The minimum absolute atomic E-state index is 0.232.